The lowest BCUT2D eigenvalue weighted by Crippen LogP contribution is -2.38. The molecular formula is C20H23FN4O. The minimum absolute atomic E-state index is 0.207. The molecule has 3 heterocycles. The minimum Gasteiger partial charge on any atom is -0.370 e. The molecule has 0 aromatic carbocycles. The maximum absolute atomic E-state index is 13.4. The van der Waals surface area contributed by atoms with Crippen molar-refractivity contribution in [1.29, 1.82) is 0 Å². The van der Waals surface area contributed by atoms with Crippen LogP contribution in [0.25, 0.3) is 11.0 Å². The summed E-state index contributed by atoms with van der Waals surface area (Å²) in [7, 11) is 1.97. The van der Waals surface area contributed by atoms with Gasteiger partial charge < -0.3 is 9.80 Å². The molecule has 1 amide bonds. The van der Waals surface area contributed by atoms with Crippen molar-refractivity contribution >= 4 is 22.6 Å². The first-order valence-electron chi connectivity index (χ1n) is 9.49. The molecule has 5 nitrogen and oxygen atoms in total. The van der Waals surface area contributed by atoms with Crippen LogP contribution < -0.4 is 4.90 Å². The molecule has 2 saturated carbocycles. The van der Waals surface area contributed by atoms with Crippen LogP contribution >= 0.6 is 0 Å². The van der Waals surface area contributed by atoms with E-state index in [-0.39, 0.29) is 17.2 Å². The Labute approximate surface area is 152 Å². The van der Waals surface area contributed by atoms with E-state index in [1.165, 1.54) is 25.1 Å². The van der Waals surface area contributed by atoms with Crippen LogP contribution in [0.3, 0.4) is 0 Å². The zero-order chi connectivity index (χ0) is 17.9. The third kappa shape index (κ3) is 2.54. The fourth-order valence-corrected chi connectivity index (χ4v) is 4.58. The molecule has 2 aromatic heterocycles. The van der Waals surface area contributed by atoms with Gasteiger partial charge in [0.1, 0.15) is 11.3 Å². The number of carbonyl (C=O) groups excluding carboxylic acids is 1. The van der Waals surface area contributed by atoms with E-state index in [1.54, 1.807) is 6.20 Å². The first-order chi connectivity index (χ1) is 12.6. The number of nitrogens with zero attached hydrogens (tertiary/aromatic N) is 4. The highest BCUT2D eigenvalue weighted by molar-refractivity contribution is 5.88. The Bertz CT molecular complexity index is 873. The van der Waals surface area contributed by atoms with E-state index in [9.17, 15) is 9.18 Å². The van der Waals surface area contributed by atoms with Gasteiger partial charge in [0.15, 0.2) is 0 Å². The summed E-state index contributed by atoms with van der Waals surface area (Å²) >= 11 is 0. The van der Waals surface area contributed by atoms with Gasteiger partial charge in [-0.05, 0) is 43.6 Å². The Hall–Kier alpha value is -2.24. The van der Waals surface area contributed by atoms with Crippen LogP contribution in [0.5, 0.6) is 0 Å². The van der Waals surface area contributed by atoms with E-state index >= 15 is 0 Å². The van der Waals surface area contributed by atoms with E-state index in [4.69, 9.17) is 0 Å². The number of rotatable bonds is 3. The van der Waals surface area contributed by atoms with Gasteiger partial charge >= 0.3 is 0 Å². The standard InChI is InChI=1S/C20H23FN4O/c1-24(14-2-3-14)19(26)15-11-20(15)5-8-25(9-6-20)17-4-7-22-16-10-13(21)12-23-18(16)17/h4,7,10,12,14-15H,2-3,5-6,8-9,11H2,1H3. The lowest BCUT2D eigenvalue weighted by atomic mass is 9.90. The van der Waals surface area contributed by atoms with Crippen molar-refractivity contribution in [1.82, 2.24) is 14.9 Å². The molecule has 3 fully saturated rings. The zero-order valence-electron chi connectivity index (χ0n) is 15.0. The average Bonchev–Trinajstić information content (AvgIpc) is 3.57. The van der Waals surface area contributed by atoms with Crippen molar-refractivity contribution in [3.63, 3.8) is 0 Å². The number of hydrogen-bond donors (Lipinski definition) is 0. The summed E-state index contributed by atoms with van der Waals surface area (Å²) in [5.74, 6) is 0.211. The van der Waals surface area contributed by atoms with Crippen molar-refractivity contribution in [3.8, 4) is 0 Å². The van der Waals surface area contributed by atoms with E-state index < -0.39 is 0 Å². The molecule has 2 aromatic rings. The SMILES string of the molecule is CN(C(=O)C1CC12CCN(c1ccnc3cc(F)cnc13)CC2)C1CC1. The van der Waals surface area contributed by atoms with Gasteiger partial charge in [0, 0.05) is 44.4 Å². The second-order valence-corrected chi connectivity index (χ2v) is 8.14. The monoisotopic (exact) mass is 354 g/mol. The van der Waals surface area contributed by atoms with Crippen molar-refractivity contribution < 1.29 is 9.18 Å². The summed E-state index contributed by atoms with van der Waals surface area (Å²) in [6, 6.07) is 3.89. The third-order valence-corrected chi connectivity index (χ3v) is 6.55. The number of halogens is 1. The molecule has 1 aliphatic heterocycles. The lowest BCUT2D eigenvalue weighted by molar-refractivity contribution is -0.132. The minimum atomic E-state index is -0.362. The number of fused-ring (bicyclic) bond motifs is 1. The number of piperidine rings is 1. The molecule has 26 heavy (non-hydrogen) atoms. The van der Waals surface area contributed by atoms with E-state index in [0.717, 1.165) is 43.6 Å². The van der Waals surface area contributed by atoms with Crippen LogP contribution in [0.15, 0.2) is 24.5 Å². The highest BCUT2D eigenvalue weighted by atomic mass is 19.1. The van der Waals surface area contributed by atoms with Crippen molar-refractivity contribution in [2.24, 2.45) is 11.3 Å². The average molecular weight is 354 g/mol. The van der Waals surface area contributed by atoms with Gasteiger partial charge in [-0.25, -0.2) is 9.37 Å². The maximum atomic E-state index is 13.4. The predicted molar refractivity (Wildman–Crippen MR) is 97.3 cm³/mol. The second kappa shape index (κ2) is 5.63. The summed E-state index contributed by atoms with van der Waals surface area (Å²) in [6.45, 7) is 1.82. The predicted octanol–water partition coefficient (Wildman–Crippen LogP) is 3.00. The quantitative estimate of drug-likeness (QED) is 0.850. The van der Waals surface area contributed by atoms with Crippen LogP contribution in [0.2, 0.25) is 0 Å². The highest BCUT2D eigenvalue weighted by Crippen LogP contribution is 2.60. The van der Waals surface area contributed by atoms with Gasteiger partial charge in [0.05, 0.1) is 17.4 Å². The molecule has 5 rings (SSSR count). The number of carbonyl (C=O) groups is 1. The second-order valence-electron chi connectivity index (χ2n) is 8.14. The molecule has 2 aliphatic carbocycles. The molecule has 1 saturated heterocycles. The summed E-state index contributed by atoms with van der Waals surface area (Å²) in [6.07, 6.45) is 8.41. The summed E-state index contributed by atoms with van der Waals surface area (Å²) in [5.41, 5.74) is 2.57. The molecule has 1 atom stereocenters. The van der Waals surface area contributed by atoms with Crippen LogP contribution in [0.4, 0.5) is 10.1 Å². The fourth-order valence-electron chi connectivity index (χ4n) is 4.58. The van der Waals surface area contributed by atoms with Crippen molar-refractivity contribution in [2.75, 3.05) is 25.0 Å². The van der Waals surface area contributed by atoms with Gasteiger partial charge in [-0.15, -0.1) is 0 Å². The zero-order valence-corrected chi connectivity index (χ0v) is 15.0. The molecule has 1 unspecified atom stereocenters. The van der Waals surface area contributed by atoms with Gasteiger partial charge in [-0.2, -0.15) is 0 Å². The van der Waals surface area contributed by atoms with Crippen LogP contribution in [0.1, 0.15) is 32.1 Å². The van der Waals surface area contributed by atoms with Gasteiger partial charge in [-0.1, -0.05) is 0 Å². The Morgan fingerprint density at radius 2 is 2.08 bits per heavy atom. The Morgan fingerprint density at radius 1 is 1.31 bits per heavy atom. The number of amides is 1. The number of pyridine rings is 2. The molecule has 136 valence electrons. The molecule has 6 heteroatoms. The first kappa shape index (κ1) is 16.0. The van der Waals surface area contributed by atoms with Gasteiger partial charge in [-0.3, -0.25) is 9.78 Å². The topological polar surface area (TPSA) is 49.3 Å². The van der Waals surface area contributed by atoms with Crippen molar-refractivity contribution in [3.05, 3.63) is 30.3 Å². The van der Waals surface area contributed by atoms with Crippen LogP contribution in [-0.4, -0.2) is 47.0 Å². The Balaban J connectivity index is 1.30. The van der Waals surface area contributed by atoms with Crippen LogP contribution in [0, 0.1) is 17.2 Å². The maximum Gasteiger partial charge on any atom is 0.226 e. The Kier molecular flexibility index (Phi) is 3.46. The van der Waals surface area contributed by atoms with Crippen molar-refractivity contribution in [2.45, 2.75) is 38.1 Å². The van der Waals surface area contributed by atoms with Gasteiger partial charge in [0.2, 0.25) is 5.91 Å². The molecule has 0 N–H and O–H groups in total. The number of hydrogen-bond acceptors (Lipinski definition) is 4. The number of aromatic nitrogens is 2. The smallest absolute Gasteiger partial charge is 0.226 e. The summed E-state index contributed by atoms with van der Waals surface area (Å²) < 4.78 is 13.4. The number of anilines is 1. The summed E-state index contributed by atoms with van der Waals surface area (Å²) in [4.78, 5) is 25.5. The Morgan fingerprint density at radius 3 is 2.81 bits per heavy atom. The molecule has 3 aliphatic rings. The van der Waals surface area contributed by atoms with Gasteiger partial charge in [0.25, 0.3) is 0 Å². The largest absolute Gasteiger partial charge is 0.370 e. The van der Waals surface area contributed by atoms with E-state index in [2.05, 4.69) is 14.9 Å². The molecular weight excluding hydrogens is 331 g/mol. The lowest BCUT2D eigenvalue weighted by Gasteiger charge is -2.35. The molecule has 0 radical (unpaired) electrons. The first-order valence-corrected chi connectivity index (χ1v) is 9.49. The van der Waals surface area contributed by atoms with E-state index in [0.29, 0.717) is 17.5 Å². The van der Waals surface area contributed by atoms with Crippen LogP contribution in [-0.2, 0) is 4.79 Å². The highest BCUT2D eigenvalue weighted by Gasteiger charge is 2.59. The normalized spacial score (nSPS) is 24.1. The van der Waals surface area contributed by atoms with E-state index in [1.807, 2.05) is 18.0 Å². The summed E-state index contributed by atoms with van der Waals surface area (Å²) in [5, 5.41) is 0. The molecule has 1 spiro atoms. The molecule has 0 bridgehead atoms. The third-order valence-electron chi connectivity index (χ3n) is 6.55. The fraction of sp³-hybridized carbons (Fsp3) is 0.550.